The van der Waals surface area contributed by atoms with E-state index in [1.54, 1.807) is 30.6 Å². The second-order valence-electron chi connectivity index (χ2n) is 9.20. The van der Waals surface area contributed by atoms with Gasteiger partial charge in [-0.3, -0.25) is 24.7 Å². The molecule has 4 rings (SSSR count). The number of nitro benzene ring substituents is 1. The van der Waals surface area contributed by atoms with Crippen molar-refractivity contribution in [2.24, 2.45) is 5.73 Å². The first-order valence-corrected chi connectivity index (χ1v) is 13.0. The average molecular weight is 575 g/mol. The van der Waals surface area contributed by atoms with E-state index in [9.17, 15) is 24.8 Å². The first-order chi connectivity index (χ1) is 19.9. The number of benzene rings is 2. The maximum absolute atomic E-state index is 12.6. The number of hydrogen-bond donors (Lipinski definition) is 3. The second-order valence-corrected chi connectivity index (χ2v) is 9.20. The van der Waals surface area contributed by atoms with Crippen molar-refractivity contribution >= 4 is 17.5 Å². The molecular weight excluding hydrogens is 540 g/mol. The number of hydrogen-bond acceptors (Lipinski definition) is 8. The van der Waals surface area contributed by atoms with Gasteiger partial charge in [-0.2, -0.15) is 5.10 Å². The van der Waals surface area contributed by atoms with Crippen LogP contribution in [0.15, 0.2) is 79.1 Å². The molecule has 0 saturated heterocycles. The lowest BCUT2D eigenvalue weighted by atomic mass is 10.1. The lowest BCUT2D eigenvalue weighted by Crippen LogP contribution is -2.45. The van der Waals surface area contributed by atoms with E-state index in [0.29, 0.717) is 34.8 Å². The van der Waals surface area contributed by atoms with Crippen LogP contribution < -0.4 is 15.8 Å². The number of aliphatic hydroxyl groups is 1. The van der Waals surface area contributed by atoms with Crippen molar-refractivity contribution < 1.29 is 24.4 Å². The van der Waals surface area contributed by atoms with Gasteiger partial charge < -0.3 is 20.9 Å². The van der Waals surface area contributed by atoms with E-state index in [4.69, 9.17) is 15.6 Å². The first-order valence-electron chi connectivity index (χ1n) is 13.0. The van der Waals surface area contributed by atoms with Gasteiger partial charge in [0.05, 0.1) is 17.2 Å². The molecule has 2 heterocycles. The maximum atomic E-state index is 12.6. The summed E-state index contributed by atoms with van der Waals surface area (Å²) in [6, 6.07) is 17.9. The summed E-state index contributed by atoms with van der Waals surface area (Å²) in [6.07, 6.45) is 4.18. The van der Waals surface area contributed by atoms with Crippen LogP contribution in [0.1, 0.15) is 31.4 Å². The Hall–Kier alpha value is -5.10. The molecule has 0 bridgehead atoms. The molecule has 12 nitrogen and oxygen atoms in total. The summed E-state index contributed by atoms with van der Waals surface area (Å²) in [5, 5.41) is 28.3. The molecule has 2 aromatic heterocycles. The van der Waals surface area contributed by atoms with Gasteiger partial charge in [-0.25, -0.2) is 4.68 Å². The molecule has 1 atom stereocenters. The fourth-order valence-electron chi connectivity index (χ4n) is 4.29. The molecule has 0 radical (unpaired) electrons. The fraction of sp³-hybridized carbons (Fsp3) is 0.267. The molecule has 2 aromatic carbocycles. The summed E-state index contributed by atoms with van der Waals surface area (Å²) < 4.78 is 7.63. The van der Waals surface area contributed by atoms with Crippen LogP contribution in [-0.4, -0.2) is 55.9 Å². The molecule has 0 fully saturated rings. The Morgan fingerprint density at radius 3 is 2.45 bits per heavy atom. The number of pyridine rings is 1. The Morgan fingerprint density at radius 2 is 1.83 bits per heavy atom. The number of amides is 2. The van der Waals surface area contributed by atoms with E-state index in [-0.39, 0.29) is 51.5 Å². The van der Waals surface area contributed by atoms with Crippen molar-refractivity contribution in [3.05, 3.63) is 100 Å². The van der Waals surface area contributed by atoms with E-state index in [1.165, 1.54) is 16.8 Å². The van der Waals surface area contributed by atoms with Gasteiger partial charge in [0.15, 0.2) is 0 Å². The van der Waals surface area contributed by atoms with Gasteiger partial charge in [0.2, 0.25) is 17.7 Å². The standard InChI is InChI=1S/C29H30N6O6.CH4/c30-28(38)25(18-20-6-2-1-3-7-20)32-26(37)9-5-17-41-29-24(14-16-36)27(21-8-4-15-31-19-21)33-34(29)22-10-12-23(13-11-22)35(39)40;/h1-4,6-8,10-13,15,19,25,36H,5,9,14,16-18H2,(H2,30,38)(H,32,37);1H4/t25-;/m0./s1. The van der Waals surface area contributed by atoms with E-state index >= 15 is 0 Å². The van der Waals surface area contributed by atoms with Crippen LogP contribution in [0.2, 0.25) is 0 Å². The van der Waals surface area contributed by atoms with Crippen molar-refractivity contribution in [3.63, 3.8) is 0 Å². The zero-order valence-corrected chi connectivity index (χ0v) is 22.2. The summed E-state index contributed by atoms with van der Waals surface area (Å²) >= 11 is 0. The molecule has 42 heavy (non-hydrogen) atoms. The van der Waals surface area contributed by atoms with E-state index in [1.807, 2.05) is 36.4 Å². The molecule has 0 spiro atoms. The average Bonchev–Trinajstić information content (AvgIpc) is 3.34. The number of ether oxygens (including phenoxy) is 1. The highest BCUT2D eigenvalue weighted by atomic mass is 16.6. The van der Waals surface area contributed by atoms with Crippen LogP contribution in [0.5, 0.6) is 5.88 Å². The SMILES string of the molecule is C.NC(=O)[C@H](Cc1ccccc1)NC(=O)CCCOc1c(CCO)c(-c2cccnc2)nn1-c1ccc([N+](=O)[O-])cc1. The highest BCUT2D eigenvalue weighted by Crippen LogP contribution is 2.33. The number of nitrogens with two attached hydrogens (primary N) is 1. The highest BCUT2D eigenvalue weighted by Gasteiger charge is 2.23. The minimum atomic E-state index is -0.840. The van der Waals surface area contributed by atoms with Gasteiger partial charge in [0, 0.05) is 61.5 Å². The van der Waals surface area contributed by atoms with Crippen LogP contribution in [0.3, 0.4) is 0 Å². The second kappa shape index (κ2) is 15.1. The molecule has 0 saturated carbocycles. The summed E-state index contributed by atoms with van der Waals surface area (Å²) in [7, 11) is 0. The lowest BCUT2D eigenvalue weighted by Gasteiger charge is -2.16. The highest BCUT2D eigenvalue weighted by molar-refractivity contribution is 5.86. The van der Waals surface area contributed by atoms with Gasteiger partial charge >= 0.3 is 0 Å². The number of rotatable bonds is 14. The largest absolute Gasteiger partial charge is 0.477 e. The summed E-state index contributed by atoms with van der Waals surface area (Å²) in [6.45, 7) is -0.0508. The van der Waals surface area contributed by atoms with Crippen LogP contribution in [0, 0.1) is 10.1 Å². The number of nitrogens with one attached hydrogen (secondary N) is 1. The number of carbonyl (C=O) groups excluding carboxylic acids is 2. The van der Waals surface area contributed by atoms with Crippen molar-refractivity contribution in [2.75, 3.05) is 13.2 Å². The third-order valence-electron chi connectivity index (χ3n) is 6.29. The van der Waals surface area contributed by atoms with Crippen LogP contribution in [0.25, 0.3) is 16.9 Å². The van der Waals surface area contributed by atoms with Crippen molar-refractivity contribution in [3.8, 4) is 22.8 Å². The monoisotopic (exact) mass is 574 g/mol. The summed E-state index contributed by atoms with van der Waals surface area (Å²) in [5.74, 6) is -0.628. The Balaban J connectivity index is 0.00000484. The zero-order valence-electron chi connectivity index (χ0n) is 22.2. The maximum Gasteiger partial charge on any atom is 0.269 e. The van der Waals surface area contributed by atoms with Gasteiger partial charge in [-0.1, -0.05) is 37.8 Å². The molecule has 2 amide bonds. The summed E-state index contributed by atoms with van der Waals surface area (Å²) in [5.41, 5.74) is 8.70. The molecule has 4 aromatic rings. The normalized spacial score (nSPS) is 11.3. The van der Waals surface area contributed by atoms with Crippen molar-refractivity contribution in [1.82, 2.24) is 20.1 Å². The lowest BCUT2D eigenvalue weighted by molar-refractivity contribution is -0.384. The minimum Gasteiger partial charge on any atom is -0.477 e. The Morgan fingerprint density at radius 1 is 1.10 bits per heavy atom. The molecule has 0 aliphatic carbocycles. The molecule has 4 N–H and O–H groups in total. The molecule has 0 aliphatic rings. The smallest absolute Gasteiger partial charge is 0.269 e. The molecular formula is C30H34N6O6. The first kappa shape index (κ1) is 31.4. The van der Waals surface area contributed by atoms with E-state index in [2.05, 4.69) is 10.3 Å². The third-order valence-corrected chi connectivity index (χ3v) is 6.29. The minimum absolute atomic E-state index is 0. The van der Waals surface area contributed by atoms with E-state index < -0.39 is 16.9 Å². The van der Waals surface area contributed by atoms with Crippen LogP contribution in [0.4, 0.5) is 5.69 Å². The van der Waals surface area contributed by atoms with Gasteiger partial charge in [-0.05, 0) is 36.2 Å². The number of nitro groups is 1. The van der Waals surface area contributed by atoms with Crippen LogP contribution >= 0.6 is 0 Å². The van der Waals surface area contributed by atoms with Crippen LogP contribution in [-0.2, 0) is 22.4 Å². The number of nitrogens with zero attached hydrogens (tertiary/aromatic N) is 4. The zero-order chi connectivity index (χ0) is 29.2. The predicted octanol–water partition coefficient (Wildman–Crippen LogP) is 3.39. The quantitative estimate of drug-likeness (QED) is 0.117. The molecule has 0 unspecified atom stereocenters. The van der Waals surface area contributed by atoms with Gasteiger partial charge in [0.1, 0.15) is 11.7 Å². The number of aromatic nitrogens is 3. The Labute approximate surface area is 243 Å². The Kier molecular flexibility index (Phi) is 11.3. The number of non-ortho nitro benzene ring substituents is 1. The molecule has 220 valence electrons. The number of carbonyl (C=O) groups is 2. The number of primary amides is 1. The van der Waals surface area contributed by atoms with Crippen molar-refractivity contribution in [1.29, 1.82) is 0 Å². The van der Waals surface area contributed by atoms with Gasteiger partial charge in [0.25, 0.3) is 5.69 Å². The fourth-order valence-corrected chi connectivity index (χ4v) is 4.29. The number of aliphatic hydroxyl groups excluding tert-OH is 1. The predicted molar refractivity (Wildman–Crippen MR) is 157 cm³/mol. The van der Waals surface area contributed by atoms with Crippen molar-refractivity contribution in [2.45, 2.75) is 39.2 Å². The van der Waals surface area contributed by atoms with Gasteiger partial charge in [-0.15, -0.1) is 0 Å². The molecule has 12 heteroatoms. The Bertz CT molecular complexity index is 1480. The summed E-state index contributed by atoms with van der Waals surface area (Å²) in [4.78, 5) is 39.3. The topological polar surface area (TPSA) is 176 Å². The molecule has 0 aliphatic heterocycles. The van der Waals surface area contributed by atoms with E-state index in [0.717, 1.165) is 5.56 Å². The third kappa shape index (κ3) is 7.98.